The molecule has 0 saturated carbocycles. The number of hydrogen-bond donors (Lipinski definition) is 2. The zero-order chi connectivity index (χ0) is 11.7. The van der Waals surface area contributed by atoms with Gasteiger partial charge in [-0.05, 0) is 31.7 Å². The van der Waals surface area contributed by atoms with Gasteiger partial charge in [-0.3, -0.25) is 0 Å². The Morgan fingerprint density at radius 3 is 2.47 bits per heavy atom. The Hall–Kier alpha value is -0.120. The molecule has 2 N–H and O–H groups in total. The highest BCUT2D eigenvalue weighted by Gasteiger charge is 2.22. The van der Waals surface area contributed by atoms with Gasteiger partial charge in [0.15, 0.2) is 0 Å². The van der Waals surface area contributed by atoms with Crippen LogP contribution in [-0.2, 0) is 4.74 Å². The van der Waals surface area contributed by atoms with Gasteiger partial charge in [0.2, 0.25) is 0 Å². The van der Waals surface area contributed by atoms with Crippen molar-refractivity contribution < 1.29 is 9.84 Å². The molecule has 0 bridgehead atoms. The molecule has 0 aromatic heterocycles. The van der Waals surface area contributed by atoms with Gasteiger partial charge in [0.1, 0.15) is 0 Å². The van der Waals surface area contributed by atoms with Gasteiger partial charge in [-0.25, -0.2) is 0 Å². The largest absolute Gasteiger partial charge is 0.396 e. The summed E-state index contributed by atoms with van der Waals surface area (Å²) in [7, 11) is 0. The van der Waals surface area contributed by atoms with Crippen LogP contribution in [0.4, 0.5) is 0 Å². The molecule has 0 aliphatic rings. The molecule has 0 aromatic carbocycles. The lowest BCUT2D eigenvalue weighted by molar-refractivity contribution is 0.139. The number of hydrogen-bond acceptors (Lipinski definition) is 3. The molecule has 0 amide bonds. The second kappa shape index (κ2) is 8.08. The number of aliphatic hydroxyl groups is 1. The van der Waals surface area contributed by atoms with Gasteiger partial charge in [0.25, 0.3) is 0 Å². The van der Waals surface area contributed by atoms with E-state index in [1.807, 2.05) is 6.92 Å². The monoisotopic (exact) mass is 217 g/mol. The molecule has 15 heavy (non-hydrogen) atoms. The van der Waals surface area contributed by atoms with E-state index in [1.54, 1.807) is 0 Å². The predicted octanol–water partition coefficient (Wildman–Crippen LogP) is 1.80. The van der Waals surface area contributed by atoms with Crippen LogP contribution >= 0.6 is 0 Å². The molecule has 0 aromatic rings. The third-order valence-electron chi connectivity index (χ3n) is 2.52. The Labute approximate surface area is 94.2 Å². The minimum Gasteiger partial charge on any atom is -0.396 e. The molecule has 0 fully saturated rings. The van der Waals surface area contributed by atoms with E-state index >= 15 is 0 Å². The van der Waals surface area contributed by atoms with E-state index in [1.165, 1.54) is 0 Å². The first-order valence-corrected chi connectivity index (χ1v) is 5.94. The zero-order valence-electron chi connectivity index (χ0n) is 10.7. The van der Waals surface area contributed by atoms with Crippen molar-refractivity contribution in [2.45, 2.75) is 46.6 Å². The zero-order valence-corrected chi connectivity index (χ0v) is 10.7. The quantitative estimate of drug-likeness (QED) is 0.609. The van der Waals surface area contributed by atoms with Crippen LogP contribution in [0.25, 0.3) is 0 Å². The Bertz CT molecular complexity index is 143. The highest BCUT2D eigenvalue weighted by Crippen LogP contribution is 2.21. The molecular weight excluding hydrogens is 190 g/mol. The molecule has 92 valence electrons. The fourth-order valence-electron chi connectivity index (χ4n) is 1.57. The molecule has 0 spiro atoms. The van der Waals surface area contributed by atoms with Crippen molar-refractivity contribution in [3.05, 3.63) is 0 Å². The molecule has 0 rings (SSSR count). The number of aliphatic hydroxyl groups excluding tert-OH is 1. The fraction of sp³-hybridized carbons (Fsp3) is 1.00. The summed E-state index contributed by atoms with van der Waals surface area (Å²) in [6.45, 7) is 11.4. The van der Waals surface area contributed by atoms with E-state index in [-0.39, 0.29) is 12.0 Å². The molecule has 3 nitrogen and oxygen atoms in total. The Morgan fingerprint density at radius 1 is 1.33 bits per heavy atom. The van der Waals surface area contributed by atoms with Crippen LogP contribution in [-0.4, -0.2) is 37.5 Å². The highest BCUT2D eigenvalue weighted by atomic mass is 16.5. The molecule has 1 atom stereocenters. The molecule has 3 heteroatoms. The first-order valence-electron chi connectivity index (χ1n) is 5.94. The molecule has 0 heterocycles. The van der Waals surface area contributed by atoms with E-state index in [2.05, 4.69) is 26.1 Å². The van der Waals surface area contributed by atoms with Gasteiger partial charge in [0.05, 0.1) is 0 Å². The van der Waals surface area contributed by atoms with Crippen molar-refractivity contribution in [3.63, 3.8) is 0 Å². The molecule has 0 radical (unpaired) electrons. The van der Waals surface area contributed by atoms with Gasteiger partial charge < -0.3 is 15.2 Å². The molecule has 1 unspecified atom stereocenters. The van der Waals surface area contributed by atoms with Crippen LogP contribution in [0.1, 0.15) is 40.5 Å². The second-order valence-electron chi connectivity index (χ2n) is 4.94. The lowest BCUT2D eigenvalue weighted by Crippen LogP contribution is -2.41. The van der Waals surface area contributed by atoms with Crippen LogP contribution in [0.3, 0.4) is 0 Å². The van der Waals surface area contributed by atoms with Gasteiger partial charge in [0, 0.05) is 25.9 Å². The van der Waals surface area contributed by atoms with Crippen LogP contribution in [0.2, 0.25) is 0 Å². The summed E-state index contributed by atoms with van der Waals surface area (Å²) in [5.74, 6) is 0. The summed E-state index contributed by atoms with van der Waals surface area (Å²) in [4.78, 5) is 0. The minimum absolute atomic E-state index is 0.203. The third-order valence-corrected chi connectivity index (χ3v) is 2.52. The van der Waals surface area contributed by atoms with Crippen LogP contribution in [0, 0.1) is 5.41 Å². The first kappa shape index (κ1) is 14.9. The van der Waals surface area contributed by atoms with E-state index in [0.29, 0.717) is 6.04 Å². The standard InChI is InChI=1S/C12H27NO2/c1-5-15-10-6-8-13-11(7-9-14)12(2,3)4/h11,13-14H,5-10H2,1-4H3. The van der Waals surface area contributed by atoms with Crippen molar-refractivity contribution in [1.29, 1.82) is 0 Å². The maximum atomic E-state index is 8.98. The first-order chi connectivity index (χ1) is 7.02. The summed E-state index contributed by atoms with van der Waals surface area (Å²) in [5, 5.41) is 12.5. The van der Waals surface area contributed by atoms with E-state index < -0.39 is 0 Å². The summed E-state index contributed by atoms with van der Waals surface area (Å²) in [6.07, 6.45) is 1.85. The number of nitrogens with one attached hydrogen (secondary N) is 1. The summed E-state index contributed by atoms with van der Waals surface area (Å²) >= 11 is 0. The Kier molecular flexibility index (Phi) is 8.02. The molecule has 0 aliphatic carbocycles. The molecule has 0 aliphatic heterocycles. The molecule has 0 saturated heterocycles. The topological polar surface area (TPSA) is 41.5 Å². The van der Waals surface area contributed by atoms with Crippen molar-refractivity contribution >= 4 is 0 Å². The summed E-state index contributed by atoms with van der Waals surface area (Å²) < 4.78 is 5.27. The maximum absolute atomic E-state index is 8.98. The van der Waals surface area contributed by atoms with Gasteiger partial charge in [-0.1, -0.05) is 20.8 Å². The van der Waals surface area contributed by atoms with Crippen LogP contribution in [0.15, 0.2) is 0 Å². The second-order valence-corrected chi connectivity index (χ2v) is 4.94. The lowest BCUT2D eigenvalue weighted by Gasteiger charge is -2.31. The van der Waals surface area contributed by atoms with Gasteiger partial charge >= 0.3 is 0 Å². The van der Waals surface area contributed by atoms with Gasteiger partial charge in [-0.2, -0.15) is 0 Å². The fourth-order valence-corrected chi connectivity index (χ4v) is 1.57. The van der Waals surface area contributed by atoms with E-state index in [4.69, 9.17) is 9.84 Å². The Balaban J connectivity index is 3.67. The average molecular weight is 217 g/mol. The van der Waals surface area contributed by atoms with Crippen molar-refractivity contribution in [2.24, 2.45) is 5.41 Å². The lowest BCUT2D eigenvalue weighted by atomic mass is 9.85. The van der Waals surface area contributed by atoms with Crippen molar-refractivity contribution in [2.75, 3.05) is 26.4 Å². The normalized spacial score (nSPS) is 14.2. The van der Waals surface area contributed by atoms with E-state index in [9.17, 15) is 0 Å². The van der Waals surface area contributed by atoms with Crippen molar-refractivity contribution in [3.8, 4) is 0 Å². The average Bonchev–Trinajstić information content (AvgIpc) is 2.14. The van der Waals surface area contributed by atoms with E-state index in [0.717, 1.165) is 32.6 Å². The summed E-state index contributed by atoms with van der Waals surface area (Å²) in [6, 6.07) is 0.379. The summed E-state index contributed by atoms with van der Waals surface area (Å²) in [5.41, 5.74) is 0.203. The van der Waals surface area contributed by atoms with Crippen LogP contribution < -0.4 is 5.32 Å². The highest BCUT2D eigenvalue weighted by molar-refractivity contribution is 4.79. The third kappa shape index (κ3) is 7.77. The van der Waals surface area contributed by atoms with Gasteiger partial charge in [-0.15, -0.1) is 0 Å². The smallest absolute Gasteiger partial charge is 0.0477 e. The SMILES string of the molecule is CCOCCCNC(CCO)C(C)(C)C. The molecular formula is C12H27NO2. The minimum atomic E-state index is 0.203. The predicted molar refractivity (Wildman–Crippen MR) is 64.1 cm³/mol. The van der Waals surface area contributed by atoms with Crippen LogP contribution in [0.5, 0.6) is 0 Å². The van der Waals surface area contributed by atoms with Crippen molar-refractivity contribution in [1.82, 2.24) is 5.32 Å². The Morgan fingerprint density at radius 2 is 2.00 bits per heavy atom. The number of rotatable bonds is 8. The maximum Gasteiger partial charge on any atom is 0.0477 e. The number of ether oxygens (including phenoxy) is 1.